The van der Waals surface area contributed by atoms with E-state index in [0.29, 0.717) is 6.42 Å². The molecule has 4 rings (SSSR count). The zero-order valence-electron chi connectivity index (χ0n) is 17.4. The van der Waals surface area contributed by atoms with Crippen molar-refractivity contribution in [2.75, 3.05) is 6.54 Å². The second kappa shape index (κ2) is 9.26. The van der Waals surface area contributed by atoms with Gasteiger partial charge in [0.2, 0.25) is 0 Å². The average Bonchev–Trinajstić information content (AvgIpc) is 3.23. The van der Waals surface area contributed by atoms with E-state index in [9.17, 15) is 18.0 Å². The van der Waals surface area contributed by atoms with Crippen molar-refractivity contribution >= 4 is 11.6 Å². The third-order valence-corrected chi connectivity index (χ3v) is 5.28. The Hall–Kier alpha value is -3.61. The monoisotopic (exact) mass is 438 g/mol. The van der Waals surface area contributed by atoms with Crippen LogP contribution in [0.3, 0.4) is 0 Å². The fourth-order valence-corrected chi connectivity index (χ4v) is 3.57. The van der Waals surface area contributed by atoms with Crippen LogP contribution in [0.2, 0.25) is 0 Å². The molecule has 7 heteroatoms. The van der Waals surface area contributed by atoms with Crippen LogP contribution in [-0.2, 0) is 11.4 Å². The Bertz CT molecular complexity index is 1160. The standard InChI is InChI=1S/C25H21F3N2O2/c1-16-5-7-17(8-6-16)24-13-22(32-29-24)15-30(14-19-9-10-21(27)12-23(19)28)25(31)18-3-2-4-20(26)11-18/h2-12,22H,13-15H2,1H3/t22-/m0/s1. The molecule has 0 unspecified atom stereocenters. The Morgan fingerprint density at radius 1 is 1.03 bits per heavy atom. The lowest BCUT2D eigenvalue weighted by atomic mass is 10.0. The summed E-state index contributed by atoms with van der Waals surface area (Å²) in [6.07, 6.45) is 0.00866. The van der Waals surface area contributed by atoms with Gasteiger partial charge in [-0.25, -0.2) is 13.2 Å². The van der Waals surface area contributed by atoms with E-state index in [1.54, 1.807) is 0 Å². The third kappa shape index (κ3) is 4.99. The topological polar surface area (TPSA) is 41.9 Å². The van der Waals surface area contributed by atoms with Crippen molar-refractivity contribution in [3.05, 3.63) is 106 Å². The molecular weight excluding hydrogens is 417 g/mol. The molecule has 0 fully saturated rings. The fraction of sp³-hybridized carbons (Fsp3) is 0.200. The van der Waals surface area contributed by atoms with Crippen molar-refractivity contribution in [1.29, 1.82) is 0 Å². The number of benzene rings is 3. The largest absolute Gasteiger partial charge is 0.390 e. The quantitative estimate of drug-likeness (QED) is 0.528. The van der Waals surface area contributed by atoms with Gasteiger partial charge in [0.25, 0.3) is 5.91 Å². The second-order valence-electron chi connectivity index (χ2n) is 7.77. The smallest absolute Gasteiger partial charge is 0.254 e. The van der Waals surface area contributed by atoms with Crippen LogP contribution in [0.1, 0.15) is 33.5 Å². The third-order valence-electron chi connectivity index (χ3n) is 5.28. The lowest BCUT2D eigenvalue weighted by Crippen LogP contribution is -2.37. The maximum absolute atomic E-state index is 14.3. The number of halogens is 3. The van der Waals surface area contributed by atoms with E-state index in [4.69, 9.17) is 4.84 Å². The van der Waals surface area contributed by atoms with Crippen LogP contribution in [-0.4, -0.2) is 29.2 Å². The Labute approximate surface area is 183 Å². The normalized spacial score (nSPS) is 15.2. The lowest BCUT2D eigenvalue weighted by molar-refractivity contribution is 0.0402. The van der Waals surface area contributed by atoms with Gasteiger partial charge >= 0.3 is 0 Å². The van der Waals surface area contributed by atoms with E-state index in [0.717, 1.165) is 35.0 Å². The van der Waals surface area contributed by atoms with Crippen LogP contribution in [0.25, 0.3) is 0 Å². The minimum atomic E-state index is -0.758. The molecule has 0 aromatic heterocycles. The molecule has 0 N–H and O–H groups in total. The Balaban J connectivity index is 1.54. The van der Waals surface area contributed by atoms with Gasteiger partial charge in [-0.05, 0) is 36.8 Å². The highest BCUT2D eigenvalue weighted by molar-refractivity contribution is 6.01. The van der Waals surface area contributed by atoms with Gasteiger partial charge in [0.15, 0.2) is 6.10 Å². The summed E-state index contributed by atoms with van der Waals surface area (Å²) in [6, 6.07) is 16.3. The molecule has 0 saturated heterocycles. The number of oxime groups is 1. The predicted octanol–water partition coefficient (Wildman–Crippen LogP) is 5.25. The maximum Gasteiger partial charge on any atom is 0.254 e. The average molecular weight is 438 g/mol. The molecule has 0 radical (unpaired) electrons. The first-order chi connectivity index (χ1) is 15.4. The second-order valence-corrected chi connectivity index (χ2v) is 7.77. The van der Waals surface area contributed by atoms with Crippen LogP contribution in [0, 0.1) is 24.4 Å². The van der Waals surface area contributed by atoms with Crippen LogP contribution in [0.5, 0.6) is 0 Å². The first-order valence-electron chi connectivity index (χ1n) is 10.2. The minimum Gasteiger partial charge on any atom is -0.390 e. The van der Waals surface area contributed by atoms with Gasteiger partial charge in [-0.2, -0.15) is 0 Å². The summed E-state index contributed by atoms with van der Waals surface area (Å²) in [5.41, 5.74) is 3.07. The van der Waals surface area contributed by atoms with Crippen molar-refractivity contribution in [2.24, 2.45) is 5.16 Å². The van der Waals surface area contributed by atoms with Gasteiger partial charge < -0.3 is 9.74 Å². The summed E-state index contributed by atoms with van der Waals surface area (Å²) in [5, 5.41) is 4.15. The summed E-state index contributed by atoms with van der Waals surface area (Å²) in [7, 11) is 0. The molecule has 1 atom stereocenters. The number of hydrogen-bond acceptors (Lipinski definition) is 3. The molecule has 3 aromatic rings. The van der Waals surface area contributed by atoms with E-state index in [-0.39, 0.29) is 24.2 Å². The highest BCUT2D eigenvalue weighted by Gasteiger charge is 2.28. The molecule has 0 saturated carbocycles. The van der Waals surface area contributed by atoms with Crippen molar-refractivity contribution in [3.63, 3.8) is 0 Å². The van der Waals surface area contributed by atoms with Crippen molar-refractivity contribution in [3.8, 4) is 0 Å². The number of hydrogen-bond donors (Lipinski definition) is 0. The number of amides is 1. The van der Waals surface area contributed by atoms with Gasteiger partial charge in [-0.15, -0.1) is 0 Å². The predicted molar refractivity (Wildman–Crippen MR) is 115 cm³/mol. The van der Waals surface area contributed by atoms with E-state index in [1.807, 2.05) is 31.2 Å². The summed E-state index contributed by atoms with van der Waals surface area (Å²) >= 11 is 0. The highest BCUT2D eigenvalue weighted by atomic mass is 19.1. The first-order valence-corrected chi connectivity index (χ1v) is 10.2. The van der Waals surface area contributed by atoms with Crippen molar-refractivity contribution in [2.45, 2.75) is 26.0 Å². The van der Waals surface area contributed by atoms with Gasteiger partial charge in [0.1, 0.15) is 17.5 Å². The van der Waals surface area contributed by atoms with Gasteiger partial charge in [-0.1, -0.05) is 47.1 Å². The molecule has 32 heavy (non-hydrogen) atoms. The van der Waals surface area contributed by atoms with Crippen LogP contribution in [0.4, 0.5) is 13.2 Å². The number of aryl methyl sites for hydroxylation is 1. The van der Waals surface area contributed by atoms with Crippen molar-refractivity contribution in [1.82, 2.24) is 4.90 Å². The fourth-order valence-electron chi connectivity index (χ4n) is 3.57. The molecule has 4 nitrogen and oxygen atoms in total. The van der Waals surface area contributed by atoms with E-state index >= 15 is 0 Å². The van der Waals surface area contributed by atoms with Crippen LogP contribution < -0.4 is 0 Å². The summed E-state index contributed by atoms with van der Waals surface area (Å²) in [5.74, 6) is -2.50. The molecule has 164 valence electrons. The van der Waals surface area contributed by atoms with Crippen LogP contribution >= 0.6 is 0 Å². The number of carbonyl (C=O) groups is 1. The molecule has 1 aliphatic rings. The SMILES string of the molecule is Cc1ccc(C2=NO[C@H](CN(Cc3ccc(F)cc3F)C(=O)c3cccc(F)c3)C2)cc1. The Morgan fingerprint density at radius 3 is 2.50 bits per heavy atom. The minimum absolute atomic E-state index is 0.102. The zero-order valence-corrected chi connectivity index (χ0v) is 17.4. The molecule has 1 aliphatic heterocycles. The van der Waals surface area contributed by atoms with E-state index < -0.39 is 29.5 Å². The van der Waals surface area contributed by atoms with Crippen molar-refractivity contribution < 1.29 is 22.8 Å². The van der Waals surface area contributed by atoms with Crippen LogP contribution in [0.15, 0.2) is 71.9 Å². The Morgan fingerprint density at radius 2 is 1.78 bits per heavy atom. The molecule has 1 heterocycles. The summed E-state index contributed by atoms with van der Waals surface area (Å²) in [6.45, 7) is 1.97. The number of carbonyl (C=O) groups excluding carboxylic acids is 1. The number of rotatable bonds is 6. The molecule has 0 bridgehead atoms. The molecule has 0 aliphatic carbocycles. The summed E-state index contributed by atoms with van der Waals surface area (Å²) in [4.78, 5) is 20.0. The Kier molecular flexibility index (Phi) is 6.25. The van der Waals surface area contributed by atoms with E-state index in [1.165, 1.54) is 29.2 Å². The zero-order chi connectivity index (χ0) is 22.7. The molecule has 3 aromatic carbocycles. The van der Waals surface area contributed by atoms with Gasteiger partial charge in [0.05, 0.1) is 12.3 Å². The molecule has 0 spiro atoms. The molecular formula is C25H21F3N2O2. The van der Waals surface area contributed by atoms with Gasteiger partial charge in [0, 0.05) is 30.2 Å². The highest BCUT2D eigenvalue weighted by Crippen LogP contribution is 2.21. The van der Waals surface area contributed by atoms with Gasteiger partial charge in [-0.3, -0.25) is 4.79 Å². The molecule has 1 amide bonds. The maximum atomic E-state index is 14.3. The first kappa shape index (κ1) is 21.6. The number of nitrogens with zero attached hydrogens (tertiary/aromatic N) is 2. The summed E-state index contributed by atoms with van der Waals surface area (Å²) < 4.78 is 41.3. The van der Waals surface area contributed by atoms with E-state index in [2.05, 4.69) is 5.16 Å². The lowest BCUT2D eigenvalue weighted by Gasteiger charge is -2.25.